The molecule has 20 heavy (non-hydrogen) atoms. The highest BCUT2D eigenvalue weighted by Gasteiger charge is 2.24. The molecule has 0 aromatic rings. The quantitative estimate of drug-likeness (QED) is 0.801. The monoisotopic (exact) mass is 282 g/mol. The lowest BCUT2D eigenvalue weighted by atomic mass is 10.1. The van der Waals surface area contributed by atoms with E-state index >= 15 is 0 Å². The van der Waals surface area contributed by atoms with Gasteiger partial charge in [0.2, 0.25) is 5.91 Å². The fourth-order valence-corrected chi connectivity index (χ4v) is 3.10. The molecule has 0 radical (unpaired) electrons. The van der Waals surface area contributed by atoms with Crippen molar-refractivity contribution >= 4 is 5.91 Å². The summed E-state index contributed by atoms with van der Waals surface area (Å²) in [5.74, 6) is 1.000. The number of carbonyl (C=O) groups is 1. The smallest absolute Gasteiger partial charge is 0.236 e. The van der Waals surface area contributed by atoms with Gasteiger partial charge in [-0.25, -0.2) is 0 Å². The summed E-state index contributed by atoms with van der Waals surface area (Å²) in [6.07, 6.45) is 2.05. The van der Waals surface area contributed by atoms with Crippen molar-refractivity contribution in [3.63, 3.8) is 0 Å². The van der Waals surface area contributed by atoms with Crippen molar-refractivity contribution in [2.45, 2.75) is 32.7 Å². The van der Waals surface area contributed by atoms with Gasteiger partial charge in [0, 0.05) is 51.9 Å². The molecule has 0 saturated carbocycles. The molecule has 116 valence electrons. The van der Waals surface area contributed by atoms with E-state index in [9.17, 15) is 4.79 Å². The highest BCUT2D eigenvalue weighted by atomic mass is 16.2. The number of hydrogen-bond donors (Lipinski definition) is 1. The fourth-order valence-electron chi connectivity index (χ4n) is 3.10. The molecule has 2 fully saturated rings. The molecule has 2 heterocycles. The Bertz CT molecular complexity index is 305. The highest BCUT2D eigenvalue weighted by molar-refractivity contribution is 5.78. The molecule has 0 aromatic heterocycles. The SMILES string of the molecule is CC(C)CN1CCN(C(=O)CN2CCC(N)CC2)CC1. The number of amides is 1. The van der Waals surface area contributed by atoms with Crippen LogP contribution in [0.3, 0.4) is 0 Å². The van der Waals surface area contributed by atoms with Crippen molar-refractivity contribution in [1.29, 1.82) is 0 Å². The molecule has 5 nitrogen and oxygen atoms in total. The lowest BCUT2D eigenvalue weighted by Gasteiger charge is -2.37. The van der Waals surface area contributed by atoms with Gasteiger partial charge in [0.1, 0.15) is 0 Å². The van der Waals surface area contributed by atoms with Crippen LogP contribution in [0.25, 0.3) is 0 Å². The Morgan fingerprint density at radius 2 is 1.65 bits per heavy atom. The predicted molar refractivity (Wildman–Crippen MR) is 81.5 cm³/mol. The van der Waals surface area contributed by atoms with Crippen molar-refractivity contribution in [2.75, 3.05) is 52.4 Å². The Hall–Kier alpha value is -0.650. The molecule has 0 atom stereocenters. The predicted octanol–water partition coefficient (Wildman–Crippen LogP) is 0.210. The van der Waals surface area contributed by atoms with Crippen LogP contribution < -0.4 is 5.73 Å². The van der Waals surface area contributed by atoms with Gasteiger partial charge >= 0.3 is 0 Å². The zero-order valence-corrected chi connectivity index (χ0v) is 13.1. The number of likely N-dealkylation sites (tertiary alicyclic amines) is 1. The summed E-state index contributed by atoms with van der Waals surface area (Å²) < 4.78 is 0. The molecule has 0 aliphatic carbocycles. The van der Waals surface area contributed by atoms with E-state index in [0.29, 0.717) is 24.4 Å². The molecule has 0 unspecified atom stereocenters. The van der Waals surface area contributed by atoms with E-state index in [1.807, 2.05) is 4.90 Å². The summed E-state index contributed by atoms with van der Waals surface area (Å²) in [7, 11) is 0. The molecule has 5 heteroatoms. The van der Waals surface area contributed by atoms with Crippen molar-refractivity contribution < 1.29 is 4.79 Å². The van der Waals surface area contributed by atoms with Crippen LogP contribution in [0.15, 0.2) is 0 Å². The van der Waals surface area contributed by atoms with E-state index in [-0.39, 0.29) is 0 Å². The van der Waals surface area contributed by atoms with Gasteiger partial charge in [0.15, 0.2) is 0 Å². The van der Waals surface area contributed by atoms with Crippen molar-refractivity contribution in [3.05, 3.63) is 0 Å². The minimum atomic E-state index is 0.296. The molecular weight excluding hydrogens is 252 g/mol. The first-order chi connectivity index (χ1) is 9.54. The molecule has 0 spiro atoms. The first-order valence-electron chi connectivity index (χ1n) is 8.02. The molecular formula is C15H30N4O. The summed E-state index contributed by atoms with van der Waals surface area (Å²) >= 11 is 0. The highest BCUT2D eigenvalue weighted by Crippen LogP contribution is 2.10. The van der Waals surface area contributed by atoms with Crippen LogP contribution in [-0.2, 0) is 4.79 Å². The molecule has 2 aliphatic rings. The van der Waals surface area contributed by atoms with Crippen LogP contribution in [0.5, 0.6) is 0 Å². The summed E-state index contributed by atoms with van der Waals surface area (Å²) in [5.41, 5.74) is 5.90. The minimum Gasteiger partial charge on any atom is -0.339 e. The third kappa shape index (κ3) is 4.72. The average molecular weight is 282 g/mol. The number of hydrogen-bond acceptors (Lipinski definition) is 4. The fraction of sp³-hybridized carbons (Fsp3) is 0.933. The van der Waals surface area contributed by atoms with Crippen LogP contribution in [0.2, 0.25) is 0 Å². The zero-order valence-electron chi connectivity index (χ0n) is 13.1. The molecule has 2 N–H and O–H groups in total. The zero-order chi connectivity index (χ0) is 14.5. The van der Waals surface area contributed by atoms with Gasteiger partial charge in [-0.1, -0.05) is 13.8 Å². The van der Waals surface area contributed by atoms with E-state index < -0.39 is 0 Å². The second kappa shape index (κ2) is 7.38. The van der Waals surface area contributed by atoms with Gasteiger partial charge in [-0.2, -0.15) is 0 Å². The van der Waals surface area contributed by atoms with Crippen LogP contribution >= 0.6 is 0 Å². The maximum atomic E-state index is 12.3. The van der Waals surface area contributed by atoms with E-state index in [2.05, 4.69) is 23.6 Å². The normalized spacial score (nSPS) is 23.5. The van der Waals surface area contributed by atoms with Crippen molar-refractivity contribution in [3.8, 4) is 0 Å². The molecule has 1 amide bonds. The Labute approximate surface area is 123 Å². The van der Waals surface area contributed by atoms with E-state index in [1.165, 1.54) is 0 Å². The number of nitrogens with two attached hydrogens (primary N) is 1. The number of rotatable bonds is 4. The molecule has 2 saturated heterocycles. The Balaban J connectivity index is 1.69. The first-order valence-corrected chi connectivity index (χ1v) is 8.02. The van der Waals surface area contributed by atoms with Crippen LogP contribution in [0.4, 0.5) is 0 Å². The number of nitrogens with zero attached hydrogens (tertiary/aromatic N) is 3. The third-order valence-electron chi connectivity index (χ3n) is 4.34. The van der Waals surface area contributed by atoms with Gasteiger partial charge in [-0.05, 0) is 18.8 Å². The van der Waals surface area contributed by atoms with Crippen molar-refractivity contribution in [2.24, 2.45) is 11.7 Å². The maximum absolute atomic E-state index is 12.3. The summed E-state index contributed by atoms with van der Waals surface area (Å²) in [5, 5.41) is 0. The average Bonchev–Trinajstić information content (AvgIpc) is 2.41. The first kappa shape index (κ1) is 15.7. The number of carbonyl (C=O) groups excluding carboxylic acids is 1. The Kier molecular flexibility index (Phi) is 5.81. The van der Waals surface area contributed by atoms with Gasteiger partial charge in [-0.15, -0.1) is 0 Å². The van der Waals surface area contributed by atoms with E-state index in [1.54, 1.807) is 0 Å². The molecule has 0 aromatic carbocycles. The second-order valence-electron chi connectivity index (χ2n) is 6.69. The Morgan fingerprint density at radius 3 is 2.20 bits per heavy atom. The molecule has 0 bridgehead atoms. The van der Waals surface area contributed by atoms with Crippen LogP contribution in [0, 0.1) is 5.92 Å². The second-order valence-corrected chi connectivity index (χ2v) is 6.69. The topological polar surface area (TPSA) is 52.8 Å². The van der Waals surface area contributed by atoms with E-state index in [4.69, 9.17) is 5.73 Å². The standard InChI is InChI=1S/C15H30N4O/c1-13(2)11-18-7-9-19(10-8-18)15(20)12-17-5-3-14(16)4-6-17/h13-14H,3-12,16H2,1-2H3. The number of piperidine rings is 1. The van der Waals surface area contributed by atoms with Gasteiger partial charge < -0.3 is 10.6 Å². The van der Waals surface area contributed by atoms with Crippen LogP contribution in [0.1, 0.15) is 26.7 Å². The molecule has 2 rings (SSSR count). The number of piperazine rings is 1. The van der Waals surface area contributed by atoms with Crippen LogP contribution in [-0.4, -0.2) is 79.0 Å². The largest absolute Gasteiger partial charge is 0.339 e. The lowest BCUT2D eigenvalue weighted by molar-refractivity contribution is -0.134. The maximum Gasteiger partial charge on any atom is 0.236 e. The third-order valence-corrected chi connectivity index (χ3v) is 4.34. The van der Waals surface area contributed by atoms with Crippen molar-refractivity contribution in [1.82, 2.24) is 14.7 Å². The molecule has 2 aliphatic heterocycles. The van der Waals surface area contributed by atoms with E-state index in [0.717, 1.165) is 58.7 Å². The lowest BCUT2D eigenvalue weighted by Crippen LogP contribution is -2.52. The summed E-state index contributed by atoms with van der Waals surface area (Å²) in [4.78, 5) is 19.1. The Morgan fingerprint density at radius 1 is 1.05 bits per heavy atom. The van der Waals surface area contributed by atoms with Gasteiger partial charge in [0.05, 0.1) is 6.54 Å². The summed E-state index contributed by atoms with van der Waals surface area (Å²) in [6.45, 7) is 12.0. The van der Waals surface area contributed by atoms with Gasteiger partial charge in [0.25, 0.3) is 0 Å². The minimum absolute atomic E-state index is 0.296. The summed E-state index contributed by atoms with van der Waals surface area (Å²) in [6, 6.07) is 0.334. The van der Waals surface area contributed by atoms with Gasteiger partial charge in [-0.3, -0.25) is 14.6 Å².